The Kier molecular flexibility index (Phi) is 10.3. The lowest BCUT2D eigenvalue weighted by Gasteiger charge is -2.34. The molecule has 0 radical (unpaired) electrons. The largest absolute Gasteiger partial charge is 0.352 e. The van der Waals surface area contributed by atoms with Crippen molar-refractivity contribution in [3.8, 4) is 0 Å². The van der Waals surface area contributed by atoms with Gasteiger partial charge in [-0.25, -0.2) is 8.42 Å². The normalized spacial score (nSPS) is 12.8. The summed E-state index contributed by atoms with van der Waals surface area (Å²) in [7, 11) is -3.79. The number of aryl methyl sites for hydroxylation is 2. The Labute approximate surface area is 232 Å². The summed E-state index contributed by atoms with van der Waals surface area (Å²) in [6.07, 6.45) is 2.13. The number of rotatable bonds is 12. The summed E-state index contributed by atoms with van der Waals surface area (Å²) in [6.45, 7) is 7.42. The summed E-state index contributed by atoms with van der Waals surface area (Å²) >= 11 is 0. The van der Waals surface area contributed by atoms with Gasteiger partial charge in [0.15, 0.2) is 0 Å². The molecule has 0 saturated heterocycles. The van der Waals surface area contributed by atoms with E-state index in [1.807, 2.05) is 81.4 Å². The molecule has 0 heterocycles. The molecule has 0 aliphatic heterocycles. The molecular formula is C31H39N3O4S. The van der Waals surface area contributed by atoms with Gasteiger partial charge in [-0.1, -0.05) is 79.7 Å². The molecular weight excluding hydrogens is 510 g/mol. The maximum Gasteiger partial charge on any atom is 0.244 e. The number of benzene rings is 3. The number of nitrogens with one attached hydrogen (secondary N) is 1. The number of hydrogen-bond acceptors (Lipinski definition) is 4. The third-order valence-electron chi connectivity index (χ3n) is 6.94. The minimum absolute atomic E-state index is 0.0781. The zero-order valence-corrected chi connectivity index (χ0v) is 24.2. The van der Waals surface area contributed by atoms with Crippen molar-refractivity contribution in [3.05, 3.63) is 101 Å². The molecule has 0 aliphatic rings. The fraction of sp³-hybridized carbons (Fsp3) is 0.355. The number of carbonyl (C=O) groups excluding carboxylic acids is 2. The van der Waals surface area contributed by atoms with E-state index < -0.39 is 28.5 Å². The topological polar surface area (TPSA) is 86.8 Å². The number of sulfonamides is 1. The number of anilines is 1. The van der Waals surface area contributed by atoms with E-state index in [1.165, 1.54) is 4.90 Å². The summed E-state index contributed by atoms with van der Waals surface area (Å²) in [5, 5.41) is 3.05. The van der Waals surface area contributed by atoms with E-state index in [0.717, 1.165) is 39.2 Å². The summed E-state index contributed by atoms with van der Waals surface area (Å²) in [5.74, 6) is -0.718. The summed E-state index contributed by atoms with van der Waals surface area (Å²) in [6, 6.07) is 23.4. The minimum Gasteiger partial charge on any atom is -0.352 e. The molecule has 2 atom stereocenters. The quantitative estimate of drug-likeness (QED) is 0.357. The monoisotopic (exact) mass is 549 g/mol. The lowest BCUT2D eigenvalue weighted by atomic mass is 10.0. The second-order valence-electron chi connectivity index (χ2n) is 10.0. The van der Waals surface area contributed by atoms with E-state index in [-0.39, 0.29) is 18.5 Å². The van der Waals surface area contributed by atoms with E-state index >= 15 is 0 Å². The second-order valence-corrected chi connectivity index (χ2v) is 11.9. The van der Waals surface area contributed by atoms with Crippen molar-refractivity contribution in [1.82, 2.24) is 10.2 Å². The number of carbonyl (C=O) groups is 2. The Morgan fingerprint density at radius 1 is 0.872 bits per heavy atom. The first-order valence-corrected chi connectivity index (χ1v) is 15.1. The molecule has 0 bridgehead atoms. The van der Waals surface area contributed by atoms with Gasteiger partial charge in [0.1, 0.15) is 12.6 Å². The molecule has 2 amide bonds. The molecule has 0 aromatic heterocycles. The highest BCUT2D eigenvalue weighted by molar-refractivity contribution is 7.92. The van der Waals surface area contributed by atoms with Gasteiger partial charge in [-0.15, -0.1) is 0 Å². The van der Waals surface area contributed by atoms with Crippen LogP contribution in [0, 0.1) is 13.8 Å². The molecule has 0 saturated carbocycles. The van der Waals surface area contributed by atoms with Crippen LogP contribution in [0.25, 0.3) is 0 Å². The Balaban J connectivity index is 2.08. The fourth-order valence-corrected chi connectivity index (χ4v) is 5.31. The highest BCUT2D eigenvalue weighted by Gasteiger charge is 2.33. The molecule has 39 heavy (non-hydrogen) atoms. The zero-order valence-electron chi connectivity index (χ0n) is 23.4. The molecule has 3 aromatic rings. The van der Waals surface area contributed by atoms with Gasteiger partial charge in [0, 0.05) is 19.0 Å². The number of nitrogens with zero attached hydrogens (tertiary/aromatic N) is 2. The Morgan fingerprint density at radius 2 is 1.46 bits per heavy atom. The van der Waals surface area contributed by atoms with Crippen LogP contribution in [0.3, 0.4) is 0 Å². The first-order chi connectivity index (χ1) is 18.5. The van der Waals surface area contributed by atoms with Crippen LogP contribution in [-0.4, -0.2) is 50.0 Å². The van der Waals surface area contributed by atoms with Crippen molar-refractivity contribution >= 4 is 27.5 Å². The van der Waals surface area contributed by atoms with E-state index in [4.69, 9.17) is 0 Å². The first-order valence-electron chi connectivity index (χ1n) is 13.2. The zero-order chi connectivity index (χ0) is 28.6. The highest BCUT2D eigenvalue weighted by Crippen LogP contribution is 2.24. The SMILES string of the molecule is CC[C@H](C)NC(=O)[C@H](Cc1ccccc1)N(Cc1ccccc1C)C(=O)CN(c1ccccc1C)S(C)(=O)=O. The van der Waals surface area contributed by atoms with Crippen LogP contribution in [-0.2, 0) is 32.6 Å². The third kappa shape index (κ3) is 8.17. The van der Waals surface area contributed by atoms with Crippen molar-refractivity contribution in [2.24, 2.45) is 0 Å². The van der Waals surface area contributed by atoms with Gasteiger partial charge < -0.3 is 10.2 Å². The highest BCUT2D eigenvalue weighted by atomic mass is 32.2. The number of amides is 2. The maximum absolute atomic E-state index is 14.1. The van der Waals surface area contributed by atoms with Gasteiger partial charge >= 0.3 is 0 Å². The predicted molar refractivity (Wildman–Crippen MR) is 157 cm³/mol. The molecule has 0 unspecified atom stereocenters. The van der Waals surface area contributed by atoms with Gasteiger partial charge in [0.25, 0.3) is 0 Å². The standard InChI is InChI=1S/C31H39N3O4S/c1-6-25(4)32-31(36)29(20-26-16-8-7-9-17-26)33(21-27-18-12-10-14-23(27)2)30(35)22-34(39(5,37)38)28-19-13-11-15-24(28)3/h7-19,25,29H,6,20-22H2,1-5H3,(H,32,36)/t25-,29-/m0/s1. The Morgan fingerprint density at radius 3 is 2.05 bits per heavy atom. The van der Waals surface area contributed by atoms with E-state index in [1.54, 1.807) is 25.1 Å². The first kappa shape index (κ1) is 29.9. The van der Waals surface area contributed by atoms with Crippen molar-refractivity contribution in [1.29, 1.82) is 0 Å². The molecule has 1 N–H and O–H groups in total. The van der Waals surface area contributed by atoms with Gasteiger partial charge in [0.05, 0.1) is 11.9 Å². The van der Waals surface area contributed by atoms with E-state index in [0.29, 0.717) is 12.1 Å². The molecule has 3 rings (SSSR count). The lowest BCUT2D eigenvalue weighted by molar-refractivity contribution is -0.140. The Hall–Kier alpha value is -3.65. The fourth-order valence-electron chi connectivity index (χ4n) is 4.40. The van der Waals surface area contributed by atoms with Crippen LogP contribution in [0.5, 0.6) is 0 Å². The smallest absolute Gasteiger partial charge is 0.244 e. The molecule has 3 aromatic carbocycles. The van der Waals surface area contributed by atoms with Crippen LogP contribution in [0.1, 0.15) is 42.5 Å². The van der Waals surface area contributed by atoms with Crippen LogP contribution in [0.2, 0.25) is 0 Å². The molecule has 208 valence electrons. The van der Waals surface area contributed by atoms with Gasteiger partial charge in [-0.2, -0.15) is 0 Å². The molecule has 0 fully saturated rings. The molecule has 0 spiro atoms. The van der Waals surface area contributed by atoms with Crippen molar-refractivity contribution in [2.75, 3.05) is 17.1 Å². The molecule has 8 heteroatoms. The number of para-hydroxylation sites is 1. The summed E-state index contributed by atoms with van der Waals surface area (Å²) in [5.41, 5.74) is 3.95. The second kappa shape index (κ2) is 13.4. The summed E-state index contributed by atoms with van der Waals surface area (Å²) < 4.78 is 26.9. The minimum atomic E-state index is -3.79. The van der Waals surface area contributed by atoms with Crippen LogP contribution in [0.15, 0.2) is 78.9 Å². The molecule has 0 aliphatic carbocycles. The van der Waals surface area contributed by atoms with Crippen LogP contribution < -0.4 is 9.62 Å². The van der Waals surface area contributed by atoms with E-state index in [9.17, 15) is 18.0 Å². The van der Waals surface area contributed by atoms with Gasteiger partial charge in [-0.05, 0) is 55.5 Å². The maximum atomic E-state index is 14.1. The van der Waals surface area contributed by atoms with Gasteiger partial charge in [-0.3, -0.25) is 13.9 Å². The summed E-state index contributed by atoms with van der Waals surface area (Å²) in [4.78, 5) is 29.4. The average Bonchev–Trinajstić information content (AvgIpc) is 2.90. The average molecular weight is 550 g/mol. The predicted octanol–water partition coefficient (Wildman–Crippen LogP) is 4.62. The van der Waals surface area contributed by atoms with Crippen molar-refractivity contribution < 1.29 is 18.0 Å². The van der Waals surface area contributed by atoms with Crippen molar-refractivity contribution in [3.63, 3.8) is 0 Å². The molecule has 7 nitrogen and oxygen atoms in total. The van der Waals surface area contributed by atoms with Crippen LogP contribution >= 0.6 is 0 Å². The third-order valence-corrected chi connectivity index (χ3v) is 8.06. The van der Waals surface area contributed by atoms with Crippen LogP contribution in [0.4, 0.5) is 5.69 Å². The van der Waals surface area contributed by atoms with Crippen molar-refractivity contribution in [2.45, 2.75) is 59.2 Å². The van der Waals surface area contributed by atoms with Gasteiger partial charge in [0.2, 0.25) is 21.8 Å². The lowest BCUT2D eigenvalue weighted by Crippen LogP contribution is -2.54. The number of hydrogen-bond donors (Lipinski definition) is 1. The van der Waals surface area contributed by atoms with E-state index in [2.05, 4.69) is 5.32 Å². The Bertz CT molecular complexity index is 1380.